The zero-order valence-electron chi connectivity index (χ0n) is 11.0. The van der Waals surface area contributed by atoms with Gasteiger partial charge in [-0.3, -0.25) is 0 Å². The van der Waals surface area contributed by atoms with E-state index in [0.717, 1.165) is 16.9 Å². The maximum Gasteiger partial charge on any atom is 0.126 e. The molecule has 0 spiro atoms. The summed E-state index contributed by atoms with van der Waals surface area (Å²) >= 11 is 0. The number of hydrogen-bond donors (Lipinski definition) is 1. The molecule has 0 bridgehead atoms. The predicted molar refractivity (Wildman–Crippen MR) is 74.2 cm³/mol. The summed E-state index contributed by atoms with van der Waals surface area (Å²) < 4.78 is 5.39. The highest BCUT2D eigenvalue weighted by Crippen LogP contribution is 2.34. The molecule has 94 valence electrons. The summed E-state index contributed by atoms with van der Waals surface area (Å²) in [5, 5.41) is 9.58. The fraction of sp³-hybridized carbons (Fsp3) is 0.250. The van der Waals surface area contributed by atoms with Crippen LogP contribution in [0.2, 0.25) is 0 Å². The van der Waals surface area contributed by atoms with Crippen LogP contribution < -0.4 is 4.74 Å². The number of methoxy groups -OCH3 is 1. The van der Waals surface area contributed by atoms with Gasteiger partial charge in [-0.25, -0.2) is 0 Å². The first-order chi connectivity index (χ1) is 8.61. The molecule has 1 N–H and O–H groups in total. The van der Waals surface area contributed by atoms with Crippen LogP contribution in [0.1, 0.15) is 25.3 Å². The van der Waals surface area contributed by atoms with Gasteiger partial charge in [0.2, 0.25) is 0 Å². The van der Waals surface area contributed by atoms with Gasteiger partial charge < -0.3 is 9.84 Å². The lowest BCUT2D eigenvalue weighted by molar-refractivity contribution is 0.416. The number of benzene rings is 2. The Bertz CT molecular complexity index is 545. The van der Waals surface area contributed by atoms with E-state index in [1.54, 1.807) is 19.2 Å². The van der Waals surface area contributed by atoms with Gasteiger partial charge in [-0.1, -0.05) is 32.0 Å². The molecule has 0 fully saturated rings. The number of aromatic hydroxyl groups is 1. The molecule has 0 aromatic heterocycles. The van der Waals surface area contributed by atoms with Crippen molar-refractivity contribution in [3.8, 4) is 22.6 Å². The Morgan fingerprint density at radius 1 is 1.06 bits per heavy atom. The molecule has 0 radical (unpaired) electrons. The smallest absolute Gasteiger partial charge is 0.126 e. The molecule has 2 aromatic rings. The van der Waals surface area contributed by atoms with Crippen molar-refractivity contribution in [2.24, 2.45) is 0 Å². The highest BCUT2D eigenvalue weighted by atomic mass is 16.5. The van der Waals surface area contributed by atoms with Gasteiger partial charge in [-0.2, -0.15) is 0 Å². The fourth-order valence-corrected chi connectivity index (χ4v) is 1.98. The number of phenolic OH excluding ortho intramolecular Hbond substituents is 1. The highest BCUT2D eigenvalue weighted by Gasteiger charge is 2.09. The van der Waals surface area contributed by atoms with E-state index in [1.807, 2.05) is 18.2 Å². The van der Waals surface area contributed by atoms with Gasteiger partial charge in [0, 0.05) is 5.56 Å². The van der Waals surface area contributed by atoms with E-state index in [1.165, 1.54) is 5.56 Å². The highest BCUT2D eigenvalue weighted by molar-refractivity contribution is 5.72. The van der Waals surface area contributed by atoms with Crippen molar-refractivity contribution in [3.05, 3.63) is 48.0 Å². The third-order valence-corrected chi connectivity index (χ3v) is 3.05. The topological polar surface area (TPSA) is 29.5 Å². The van der Waals surface area contributed by atoms with E-state index >= 15 is 0 Å². The second-order valence-electron chi connectivity index (χ2n) is 4.66. The van der Waals surface area contributed by atoms with Crippen molar-refractivity contribution < 1.29 is 9.84 Å². The quantitative estimate of drug-likeness (QED) is 0.874. The van der Waals surface area contributed by atoms with Crippen molar-refractivity contribution in [1.29, 1.82) is 0 Å². The average molecular weight is 242 g/mol. The summed E-state index contributed by atoms with van der Waals surface area (Å²) in [4.78, 5) is 0. The van der Waals surface area contributed by atoms with Crippen LogP contribution in [0, 0.1) is 0 Å². The average Bonchev–Trinajstić information content (AvgIpc) is 2.38. The monoisotopic (exact) mass is 242 g/mol. The summed E-state index contributed by atoms with van der Waals surface area (Å²) in [6.07, 6.45) is 0. The molecular formula is C16H18O2. The molecule has 18 heavy (non-hydrogen) atoms. The lowest BCUT2D eigenvalue weighted by atomic mass is 9.96. The summed E-state index contributed by atoms with van der Waals surface area (Å²) in [5.41, 5.74) is 3.24. The SMILES string of the molecule is COc1ccc(C(C)C)cc1-c1cccc(O)c1. The summed E-state index contributed by atoms with van der Waals surface area (Å²) in [6, 6.07) is 13.4. The zero-order valence-corrected chi connectivity index (χ0v) is 11.0. The van der Waals surface area contributed by atoms with Crippen molar-refractivity contribution in [2.45, 2.75) is 19.8 Å². The Labute approximate surface area is 108 Å². The molecule has 2 heteroatoms. The van der Waals surface area contributed by atoms with Crippen LogP contribution in [-0.4, -0.2) is 12.2 Å². The van der Waals surface area contributed by atoms with Crippen LogP contribution in [0.4, 0.5) is 0 Å². The second kappa shape index (κ2) is 5.13. The molecule has 0 heterocycles. The van der Waals surface area contributed by atoms with Gasteiger partial charge in [0.05, 0.1) is 7.11 Å². The van der Waals surface area contributed by atoms with Crippen molar-refractivity contribution >= 4 is 0 Å². The van der Waals surface area contributed by atoms with Gasteiger partial charge in [0.25, 0.3) is 0 Å². The maximum atomic E-state index is 9.58. The first kappa shape index (κ1) is 12.5. The number of ether oxygens (including phenoxy) is 1. The van der Waals surface area contributed by atoms with E-state index in [2.05, 4.69) is 26.0 Å². The second-order valence-corrected chi connectivity index (χ2v) is 4.66. The van der Waals surface area contributed by atoms with Crippen LogP contribution in [0.5, 0.6) is 11.5 Å². The van der Waals surface area contributed by atoms with Gasteiger partial charge >= 0.3 is 0 Å². The normalized spacial score (nSPS) is 10.7. The van der Waals surface area contributed by atoms with Crippen LogP contribution >= 0.6 is 0 Å². The molecule has 0 aliphatic rings. The lowest BCUT2D eigenvalue weighted by Gasteiger charge is -2.13. The van der Waals surface area contributed by atoms with E-state index in [9.17, 15) is 5.11 Å². The van der Waals surface area contributed by atoms with Gasteiger partial charge in [0.15, 0.2) is 0 Å². The molecule has 0 saturated carbocycles. The summed E-state index contributed by atoms with van der Waals surface area (Å²) in [5.74, 6) is 1.56. The molecule has 0 amide bonds. The molecule has 0 aliphatic carbocycles. The van der Waals surface area contributed by atoms with E-state index in [0.29, 0.717) is 5.92 Å². The van der Waals surface area contributed by atoms with E-state index < -0.39 is 0 Å². The standard InChI is InChI=1S/C16H18O2/c1-11(2)12-7-8-16(18-3)15(10-12)13-5-4-6-14(17)9-13/h4-11,17H,1-3H3. The van der Waals surface area contributed by atoms with Crippen LogP contribution in [0.3, 0.4) is 0 Å². The van der Waals surface area contributed by atoms with Gasteiger partial charge in [-0.05, 0) is 41.3 Å². The maximum absolute atomic E-state index is 9.58. The Hall–Kier alpha value is -1.96. The molecule has 0 atom stereocenters. The van der Waals surface area contributed by atoms with Crippen LogP contribution in [0.25, 0.3) is 11.1 Å². The number of rotatable bonds is 3. The Morgan fingerprint density at radius 2 is 1.83 bits per heavy atom. The molecular weight excluding hydrogens is 224 g/mol. The summed E-state index contributed by atoms with van der Waals surface area (Å²) in [7, 11) is 1.66. The minimum atomic E-state index is 0.268. The fourth-order valence-electron chi connectivity index (χ4n) is 1.98. The minimum Gasteiger partial charge on any atom is -0.508 e. The first-order valence-corrected chi connectivity index (χ1v) is 6.09. The zero-order chi connectivity index (χ0) is 13.1. The predicted octanol–water partition coefficient (Wildman–Crippen LogP) is 4.19. The Balaban J connectivity index is 2.56. The van der Waals surface area contributed by atoms with Crippen molar-refractivity contribution in [1.82, 2.24) is 0 Å². The largest absolute Gasteiger partial charge is 0.508 e. The Morgan fingerprint density at radius 3 is 2.44 bits per heavy atom. The third-order valence-electron chi connectivity index (χ3n) is 3.05. The van der Waals surface area contributed by atoms with Gasteiger partial charge in [-0.15, -0.1) is 0 Å². The molecule has 0 unspecified atom stereocenters. The van der Waals surface area contributed by atoms with Crippen molar-refractivity contribution in [3.63, 3.8) is 0 Å². The number of hydrogen-bond acceptors (Lipinski definition) is 2. The first-order valence-electron chi connectivity index (χ1n) is 6.09. The molecule has 0 aliphatic heterocycles. The van der Waals surface area contributed by atoms with Gasteiger partial charge in [0.1, 0.15) is 11.5 Å². The molecule has 2 rings (SSSR count). The lowest BCUT2D eigenvalue weighted by Crippen LogP contribution is -1.92. The third kappa shape index (κ3) is 2.48. The molecule has 2 nitrogen and oxygen atoms in total. The van der Waals surface area contributed by atoms with E-state index in [-0.39, 0.29) is 5.75 Å². The molecule has 2 aromatic carbocycles. The molecule has 0 saturated heterocycles. The van der Waals surface area contributed by atoms with E-state index in [4.69, 9.17) is 4.74 Å². The van der Waals surface area contributed by atoms with Crippen LogP contribution in [0.15, 0.2) is 42.5 Å². The minimum absolute atomic E-state index is 0.268. The Kier molecular flexibility index (Phi) is 3.56. The summed E-state index contributed by atoms with van der Waals surface area (Å²) in [6.45, 7) is 4.32. The van der Waals surface area contributed by atoms with Crippen LogP contribution in [-0.2, 0) is 0 Å². The number of phenols is 1. The van der Waals surface area contributed by atoms with Crippen molar-refractivity contribution in [2.75, 3.05) is 7.11 Å².